The van der Waals surface area contributed by atoms with Gasteiger partial charge in [-0.2, -0.15) is 0 Å². The number of hydrogen-bond donors (Lipinski definition) is 1. The Balaban J connectivity index is 0.00000132. The first-order chi connectivity index (χ1) is 10.3. The molecular weight excluding hydrogens is 333 g/mol. The van der Waals surface area contributed by atoms with Crippen molar-refractivity contribution in [2.75, 3.05) is 20.1 Å². The van der Waals surface area contributed by atoms with Crippen LogP contribution in [0.1, 0.15) is 29.8 Å². The lowest BCUT2D eigenvalue weighted by atomic mass is 10.1. The van der Waals surface area contributed by atoms with Crippen LogP contribution < -0.4 is 5.32 Å². The minimum absolute atomic E-state index is 0. The Hall–Kier alpha value is -1.36. The topological polar surface area (TPSA) is 45.2 Å². The number of carbonyl (C=O) groups excluding carboxylic acids is 1. The van der Waals surface area contributed by atoms with Crippen LogP contribution in [0.25, 0.3) is 10.9 Å². The summed E-state index contributed by atoms with van der Waals surface area (Å²) in [6, 6.07) is 12.0. The lowest BCUT2D eigenvalue weighted by Gasteiger charge is -2.26. The quantitative estimate of drug-likeness (QED) is 0.898. The maximum absolute atomic E-state index is 12.6. The van der Waals surface area contributed by atoms with Crippen molar-refractivity contribution in [1.82, 2.24) is 15.2 Å². The number of nitrogens with zero attached hydrogens (tertiary/aromatic N) is 2. The van der Waals surface area contributed by atoms with Crippen molar-refractivity contribution in [2.45, 2.75) is 25.3 Å². The molecule has 4 nitrogen and oxygen atoms in total. The molecule has 0 saturated carbocycles. The molecule has 0 aliphatic carbocycles. The van der Waals surface area contributed by atoms with Gasteiger partial charge in [-0.15, -0.1) is 24.8 Å². The number of nitrogens with one attached hydrogen (secondary N) is 1. The molecule has 3 rings (SSSR count). The molecule has 1 aliphatic heterocycles. The fourth-order valence-electron chi connectivity index (χ4n) is 2.92. The van der Waals surface area contributed by atoms with Crippen molar-refractivity contribution in [3.8, 4) is 0 Å². The molecule has 23 heavy (non-hydrogen) atoms. The number of pyridine rings is 1. The summed E-state index contributed by atoms with van der Waals surface area (Å²) in [7, 11) is 1.90. The summed E-state index contributed by atoms with van der Waals surface area (Å²) in [4.78, 5) is 19.0. The summed E-state index contributed by atoms with van der Waals surface area (Å²) in [6.45, 7) is 2.03. The fourth-order valence-corrected chi connectivity index (χ4v) is 2.92. The van der Waals surface area contributed by atoms with Crippen molar-refractivity contribution in [3.63, 3.8) is 0 Å². The number of hydrogen-bond acceptors (Lipinski definition) is 3. The second-order valence-electron chi connectivity index (χ2n) is 5.64. The van der Waals surface area contributed by atoms with Crippen LogP contribution >= 0.6 is 24.8 Å². The number of benzene rings is 1. The number of carbonyl (C=O) groups is 1. The minimum Gasteiger partial charge on any atom is -0.337 e. The zero-order chi connectivity index (χ0) is 14.7. The van der Waals surface area contributed by atoms with Gasteiger partial charge in [0.05, 0.1) is 5.52 Å². The largest absolute Gasteiger partial charge is 0.337 e. The predicted octanol–water partition coefficient (Wildman–Crippen LogP) is 3.29. The van der Waals surface area contributed by atoms with Gasteiger partial charge in [0.15, 0.2) is 0 Å². The summed E-state index contributed by atoms with van der Waals surface area (Å²) < 4.78 is 0. The smallest absolute Gasteiger partial charge is 0.272 e. The van der Waals surface area contributed by atoms with Gasteiger partial charge in [0, 0.05) is 18.5 Å². The Kier molecular flexibility index (Phi) is 7.76. The van der Waals surface area contributed by atoms with E-state index < -0.39 is 0 Å². The molecule has 0 spiro atoms. The monoisotopic (exact) mass is 355 g/mol. The Morgan fingerprint density at radius 2 is 1.91 bits per heavy atom. The molecule has 1 saturated heterocycles. The van der Waals surface area contributed by atoms with Crippen LogP contribution in [-0.2, 0) is 0 Å². The van der Waals surface area contributed by atoms with E-state index in [2.05, 4.69) is 10.3 Å². The molecular formula is C17H23Cl2N3O. The molecule has 2 heterocycles. The highest BCUT2D eigenvalue weighted by Crippen LogP contribution is 2.17. The highest BCUT2D eigenvalue weighted by Gasteiger charge is 2.22. The Morgan fingerprint density at radius 3 is 2.74 bits per heavy atom. The van der Waals surface area contributed by atoms with Gasteiger partial charge in [-0.05, 0) is 44.5 Å². The van der Waals surface area contributed by atoms with Gasteiger partial charge in [0.2, 0.25) is 0 Å². The lowest BCUT2D eigenvalue weighted by Crippen LogP contribution is -2.38. The first-order valence-corrected chi connectivity index (χ1v) is 7.59. The first-order valence-electron chi connectivity index (χ1n) is 7.59. The second-order valence-corrected chi connectivity index (χ2v) is 5.64. The average molecular weight is 356 g/mol. The summed E-state index contributed by atoms with van der Waals surface area (Å²) in [6.07, 6.45) is 3.19. The SMILES string of the molecule is CN(C(=O)c1ccc2ccccc2n1)C1CCCNCC1.Cl.Cl. The van der Waals surface area contributed by atoms with Gasteiger partial charge in [0.1, 0.15) is 5.69 Å². The van der Waals surface area contributed by atoms with E-state index in [0.717, 1.165) is 43.3 Å². The molecule has 1 aromatic heterocycles. The molecule has 2 aromatic rings. The number of halogens is 2. The van der Waals surface area contributed by atoms with Crippen molar-refractivity contribution < 1.29 is 4.79 Å². The number of aromatic nitrogens is 1. The van der Waals surface area contributed by atoms with Gasteiger partial charge in [-0.3, -0.25) is 4.79 Å². The van der Waals surface area contributed by atoms with Crippen molar-refractivity contribution in [3.05, 3.63) is 42.1 Å². The number of rotatable bonds is 2. The van der Waals surface area contributed by atoms with Crippen molar-refractivity contribution in [2.24, 2.45) is 0 Å². The van der Waals surface area contributed by atoms with Gasteiger partial charge in [-0.1, -0.05) is 24.3 Å². The second kappa shape index (κ2) is 9.06. The number of amides is 1. The first kappa shape index (κ1) is 19.7. The normalized spacial score (nSPS) is 17.5. The zero-order valence-electron chi connectivity index (χ0n) is 13.2. The van der Waals surface area contributed by atoms with Crippen LogP contribution in [0, 0.1) is 0 Å². The summed E-state index contributed by atoms with van der Waals surface area (Å²) in [5.41, 5.74) is 1.41. The van der Waals surface area contributed by atoms with E-state index in [1.807, 2.05) is 48.3 Å². The molecule has 1 aliphatic rings. The van der Waals surface area contributed by atoms with E-state index in [1.165, 1.54) is 0 Å². The van der Waals surface area contributed by atoms with E-state index >= 15 is 0 Å². The van der Waals surface area contributed by atoms with E-state index in [4.69, 9.17) is 0 Å². The molecule has 126 valence electrons. The maximum atomic E-state index is 12.6. The summed E-state index contributed by atoms with van der Waals surface area (Å²) in [5, 5.41) is 4.45. The molecule has 1 atom stereocenters. The highest BCUT2D eigenvalue weighted by atomic mass is 35.5. The average Bonchev–Trinajstić information content (AvgIpc) is 2.82. The third-order valence-corrected chi connectivity index (χ3v) is 4.23. The Morgan fingerprint density at radius 1 is 1.13 bits per heavy atom. The number of fused-ring (bicyclic) bond motifs is 1. The van der Waals surface area contributed by atoms with Gasteiger partial charge < -0.3 is 10.2 Å². The Bertz CT molecular complexity index is 643. The van der Waals surface area contributed by atoms with Gasteiger partial charge >= 0.3 is 0 Å². The van der Waals surface area contributed by atoms with E-state index in [1.54, 1.807) is 0 Å². The molecule has 1 fully saturated rings. The fraction of sp³-hybridized carbons (Fsp3) is 0.412. The van der Waals surface area contributed by atoms with E-state index in [9.17, 15) is 4.79 Å². The molecule has 1 amide bonds. The molecule has 0 bridgehead atoms. The highest BCUT2D eigenvalue weighted by molar-refractivity contribution is 5.94. The van der Waals surface area contributed by atoms with Crippen LogP contribution in [0.2, 0.25) is 0 Å². The molecule has 0 radical (unpaired) electrons. The van der Waals surface area contributed by atoms with Crippen LogP contribution in [-0.4, -0.2) is 42.0 Å². The summed E-state index contributed by atoms with van der Waals surface area (Å²) >= 11 is 0. The third kappa shape index (κ3) is 4.56. The predicted molar refractivity (Wildman–Crippen MR) is 98.8 cm³/mol. The lowest BCUT2D eigenvalue weighted by molar-refractivity contribution is 0.0715. The summed E-state index contributed by atoms with van der Waals surface area (Å²) in [5.74, 6) is 0.0210. The van der Waals surface area contributed by atoms with Crippen molar-refractivity contribution in [1.29, 1.82) is 0 Å². The minimum atomic E-state index is 0. The van der Waals surface area contributed by atoms with E-state index in [-0.39, 0.29) is 30.7 Å². The molecule has 1 unspecified atom stereocenters. The van der Waals surface area contributed by atoms with E-state index in [0.29, 0.717) is 11.7 Å². The standard InChI is InChI=1S/C17H21N3O.2ClH/c1-20(14-6-4-11-18-12-10-14)17(21)16-9-8-13-5-2-3-7-15(13)19-16;;/h2-3,5,7-9,14,18H,4,6,10-12H2,1H3;2*1H. The maximum Gasteiger partial charge on any atom is 0.272 e. The molecule has 6 heteroatoms. The van der Waals surface area contributed by atoms with Crippen LogP contribution in [0.15, 0.2) is 36.4 Å². The van der Waals surface area contributed by atoms with Crippen LogP contribution in [0.3, 0.4) is 0 Å². The zero-order valence-corrected chi connectivity index (χ0v) is 14.8. The third-order valence-electron chi connectivity index (χ3n) is 4.23. The van der Waals surface area contributed by atoms with Gasteiger partial charge in [0.25, 0.3) is 5.91 Å². The number of para-hydroxylation sites is 1. The van der Waals surface area contributed by atoms with Gasteiger partial charge in [-0.25, -0.2) is 4.98 Å². The molecule has 1 aromatic carbocycles. The van der Waals surface area contributed by atoms with Crippen LogP contribution in [0.4, 0.5) is 0 Å². The Labute approximate surface area is 149 Å². The van der Waals surface area contributed by atoms with Crippen LogP contribution in [0.5, 0.6) is 0 Å². The molecule has 1 N–H and O–H groups in total. The van der Waals surface area contributed by atoms with Crippen molar-refractivity contribution >= 4 is 41.6 Å².